The lowest BCUT2D eigenvalue weighted by molar-refractivity contribution is -0.121. The second kappa shape index (κ2) is 7.86. The van der Waals surface area contributed by atoms with Crippen LogP contribution in [0.5, 0.6) is 0 Å². The largest absolute Gasteiger partial charge is 0.396 e. The van der Waals surface area contributed by atoms with Gasteiger partial charge >= 0.3 is 0 Å². The fourth-order valence-corrected chi connectivity index (χ4v) is 3.45. The second-order valence-electron chi connectivity index (χ2n) is 6.65. The van der Waals surface area contributed by atoms with E-state index in [1.54, 1.807) is 19.4 Å². The summed E-state index contributed by atoms with van der Waals surface area (Å²) >= 11 is 0. The molecule has 0 unspecified atom stereocenters. The van der Waals surface area contributed by atoms with Crippen LogP contribution in [0.3, 0.4) is 0 Å². The molecule has 26 heavy (non-hydrogen) atoms. The van der Waals surface area contributed by atoms with Crippen molar-refractivity contribution in [1.82, 2.24) is 5.32 Å². The summed E-state index contributed by atoms with van der Waals surface area (Å²) in [6.07, 6.45) is 5.06. The van der Waals surface area contributed by atoms with Gasteiger partial charge in [0.2, 0.25) is 0 Å². The Kier molecular flexibility index (Phi) is 5.56. The van der Waals surface area contributed by atoms with Crippen molar-refractivity contribution in [3.63, 3.8) is 0 Å². The lowest BCUT2D eigenvalue weighted by atomic mass is 9.88. The van der Waals surface area contributed by atoms with E-state index in [2.05, 4.69) is 20.5 Å². The third-order valence-corrected chi connectivity index (χ3v) is 4.87. The van der Waals surface area contributed by atoms with Crippen LogP contribution in [0.1, 0.15) is 46.5 Å². The second-order valence-corrected chi connectivity index (χ2v) is 6.65. The Morgan fingerprint density at radius 2 is 1.69 bits per heavy atom. The quantitative estimate of drug-likeness (QED) is 0.781. The number of carbonyl (C=O) groups is 2. The number of hydrogen-bond donors (Lipinski definition) is 1. The molecule has 3 heterocycles. The molecule has 0 aromatic carbocycles. The average molecular weight is 356 g/mol. The molecule has 3 rings (SSSR count). The topological polar surface area (TPSA) is 92.5 Å². The first-order valence-electron chi connectivity index (χ1n) is 8.98. The maximum absolute atomic E-state index is 12.4. The molecule has 3 aliphatic heterocycles. The van der Waals surface area contributed by atoms with E-state index in [9.17, 15) is 9.59 Å². The number of allylic oxidation sites excluding steroid dienone is 2. The smallest absolute Gasteiger partial charge is 0.165 e. The number of ketones is 2. The molecule has 3 aliphatic rings. The van der Waals surface area contributed by atoms with Crippen LogP contribution in [0.25, 0.3) is 0 Å². The first-order valence-corrected chi connectivity index (χ1v) is 8.98. The van der Waals surface area contributed by atoms with E-state index in [-0.39, 0.29) is 23.7 Å². The first kappa shape index (κ1) is 18.4. The monoisotopic (exact) mass is 356 g/mol. The van der Waals surface area contributed by atoms with Crippen molar-refractivity contribution in [2.24, 2.45) is 15.1 Å². The molecule has 0 aromatic heterocycles. The van der Waals surface area contributed by atoms with Gasteiger partial charge in [0.1, 0.15) is 12.4 Å². The molecular weight excluding hydrogens is 332 g/mol. The van der Waals surface area contributed by atoms with Gasteiger partial charge in [-0.25, -0.2) is 0 Å². The van der Waals surface area contributed by atoms with E-state index in [1.807, 2.05) is 13.8 Å². The number of carbonyl (C=O) groups excluding carboxylic acids is 2. The van der Waals surface area contributed by atoms with Crippen molar-refractivity contribution < 1.29 is 14.4 Å². The number of piperidine rings is 1. The molecule has 0 radical (unpaired) electrons. The van der Waals surface area contributed by atoms with Crippen LogP contribution in [0.4, 0.5) is 0 Å². The van der Waals surface area contributed by atoms with Crippen molar-refractivity contribution in [1.29, 1.82) is 0 Å². The number of oxime groups is 1. The molecule has 0 amide bonds. The van der Waals surface area contributed by atoms with Gasteiger partial charge in [-0.2, -0.15) is 0 Å². The Balaban J connectivity index is 1.88. The van der Waals surface area contributed by atoms with Crippen molar-refractivity contribution in [2.45, 2.75) is 58.5 Å². The van der Waals surface area contributed by atoms with Crippen molar-refractivity contribution in [2.75, 3.05) is 6.61 Å². The minimum atomic E-state index is -0.272. The summed E-state index contributed by atoms with van der Waals surface area (Å²) in [4.78, 5) is 38.5. The van der Waals surface area contributed by atoms with Crippen LogP contribution in [0, 0.1) is 0 Å². The van der Waals surface area contributed by atoms with Crippen molar-refractivity contribution in [3.05, 3.63) is 22.5 Å². The van der Waals surface area contributed by atoms with Crippen molar-refractivity contribution in [3.8, 4) is 0 Å². The van der Waals surface area contributed by atoms with Crippen LogP contribution >= 0.6 is 0 Å². The van der Waals surface area contributed by atoms with Gasteiger partial charge in [0.15, 0.2) is 5.78 Å². The molecule has 0 aromatic rings. The Morgan fingerprint density at radius 3 is 2.35 bits per heavy atom. The summed E-state index contributed by atoms with van der Waals surface area (Å²) in [6, 6.07) is -0.497. The minimum Gasteiger partial charge on any atom is -0.396 e. The molecule has 138 valence electrons. The molecule has 0 spiro atoms. The number of aliphatic imine (C=N–C) groups is 2. The maximum atomic E-state index is 12.4. The van der Waals surface area contributed by atoms with E-state index in [1.165, 1.54) is 0 Å². The van der Waals surface area contributed by atoms with Crippen LogP contribution in [0.2, 0.25) is 0 Å². The highest BCUT2D eigenvalue weighted by Gasteiger charge is 2.34. The summed E-state index contributed by atoms with van der Waals surface area (Å²) in [5.41, 5.74) is 3.86. The van der Waals surface area contributed by atoms with Crippen LogP contribution in [0.15, 0.2) is 37.7 Å². The van der Waals surface area contributed by atoms with Gasteiger partial charge < -0.3 is 4.84 Å². The fraction of sp³-hybridized carbons (Fsp3) is 0.526. The normalized spacial score (nSPS) is 28.3. The van der Waals surface area contributed by atoms with Gasteiger partial charge in [-0.05, 0) is 26.3 Å². The van der Waals surface area contributed by atoms with Crippen LogP contribution in [-0.2, 0) is 14.4 Å². The fourth-order valence-electron chi connectivity index (χ4n) is 3.45. The zero-order valence-corrected chi connectivity index (χ0v) is 15.4. The number of rotatable bonds is 4. The first-order chi connectivity index (χ1) is 12.5. The van der Waals surface area contributed by atoms with Gasteiger partial charge in [0.25, 0.3) is 0 Å². The Morgan fingerprint density at radius 1 is 1.08 bits per heavy atom. The van der Waals surface area contributed by atoms with E-state index in [4.69, 9.17) is 4.84 Å². The van der Waals surface area contributed by atoms with Crippen LogP contribution in [-0.4, -0.2) is 48.4 Å². The summed E-state index contributed by atoms with van der Waals surface area (Å²) in [5, 5.41) is 7.62. The van der Waals surface area contributed by atoms with Gasteiger partial charge in [-0.1, -0.05) is 5.16 Å². The zero-order valence-electron chi connectivity index (χ0n) is 15.4. The van der Waals surface area contributed by atoms with Gasteiger partial charge in [0.05, 0.1) is 29.2 Å². The van der Waals surface area contributed by atoms with E-state index >= 15 is 0 Å². The summed E-state index contributed by atoms with van der Waals surface area (Å²) < 4.78 is 0. The number of nitrogens with one attached hydrogen (secondary N) is 1. The van der Waals surface area contributed by atoms with Crippen molar-refractivity contribution >= 4 is 29.7 Å². The minimum absolute atomic E-state index is 0.0589. The summed E-state index contributed by atoms with van der Waals surface area (Å²) in [6.45, 7) is 6.12. The molecule has 0 saturated carbocycles. The SMILES string of the molecule is CCON=C1CC=NC([C@@H]2CC(=O)C[C@H](C3=C(C)C(=O)CC=N3)N2)=C1C. The predicted octanol–water partition coefficient (Wildman–Crippen LogP) is 2.13. The molecular formula is C19H24N4O3. The third-order valence-electron chi connectivity index (χ3n) is 4.87. The lowest BCUT2D eigenvalue weighted by Gasteiger charge is -2.33. The standard InChI is InChI=1S/C19H24N4O3/c1-4-26-23-14-5-7-20-18(11(14)2)15-9-13(24)10-16(22-15)19-12(3)17(25)6-8-21-19/h7-8,15-16,22H,4-6,9-10H2,1-3H3/t15-,16+/m0/s1. The predicted molar refractivity (Wildman–Crippen MR) is 101 cm³/mol. The third kappa shape index (κ3) is 3.72. The molecule has 1 saturated heterocycles. The molecule has 2 atom stereocenters. The molecule has 0 bridgehead atoms. The van der Waals surface area contributed by atoms with E-state index in [0.717, 1.165) is 17.0 Å². The van der Waals surface area contributed by atoms with E-state index in [0.29, 0.717) is 43.6 Å². The maximum Gasteiger partial charge on any atom is 0.165 e. The molecule has 7 heteroatoms. The molecule has 1 fully saturated rings. The number of Topliss-reactive ketones (excluding diaryl/α,β-unsaturated/α-hetero) is 2. The summed E-state index contributed by atoms with van der Waals surface area (Å²) in [7, 11) is 0. The number of nitrogens with zero attached hydrogens (tertiary/aromatic N) is 3. The van der Waals surface area contributed by atoms with Gasteiger partial charge in [-0.15, -0.1) is 0 Å². The molecule has 1 N–H and O–H groups in total. The highest BCUT2D eigenvalue weighted by Crippen LogP contribution is 2.28. The van der Waals surface area contributed by atoms with Gasteiger partial charge in [-0.3, -0.25) is 24.9 Å². The Hall–Kier alpha value is -2.41. The highest BCUT2D eigenvalue weighted by atomic mass is 16.6. The summed E-state index contributed by atoms with van der Waals surface area (Å²) in [5.74, 6) is 0.195. The molecule has 7 nitrogen and oxygen atoms in total. The van der Waals surface area contributed by atoms with Crippen LogP contribution < -0.4 is 5.32 Å². The Bertz CT molecular complexity index is 774. The Labute approximate surface area is 153 Å². The van der Waals surface area contributed by atoms with E-state index < -0.39 is 0 Å². The average Bonchev–Trinajstić information content (AvgIpc) is 2.62. The number of hydrogen-bond acceptors (Lipinski definition) is 7. The molecule has 0 aliphatic carbocycles. The zero-order chi connectivity index (χ0) is 18.7. The lowest BCUT2D eigenvalue weighted by Crippen LogP contribution is -2.48. The van der Waals surface area contributed by atoms with Gasteiger partial charge in [0, 0.05) is 43.7 Å². The highest BCUT2D eigenvalue weighted by molar-refractivity contribution is 6.09.